The molecule has 0 atom stereocenters. The van der Waals surface area contributed by atoms with Gasteiger partial charge in [0.2, 0.25) is 0 Å². The van der Waals surface area contributed by atoms with Crippen molar-refractivity contribution in [2.45, 2.75) is 76.3 Å². The van der Waals surface area contributed by atoms with Crippen LogP contribution >= 0.6 is 0 Å². The molecule has 0 amide bonds. The SMILES string of the molecule is c1ccc(-c2ccc(NC3CCCCC3)cc2)cc1.c1ccc(-c2ccc(NC3CCCCC3)cc2)cc1. The van der Waals surface area contributed by atoms with Gasteiger partial charge in [-0.2, -0.15) is 0 Å². The fourth-order valence-electron chi connectivity index (χ4n) is 5.74. The normalized spacial score (nSPS) is 16.2. The molecular formula is C36H42N2. The van der Waals surface area contributed by atoms with Crippen molar-refractivity contribution in [2.24, 2.45) is 0 Å². The van der Waals surface area contributed by atoms with Crippen LogP contribution in [0.15, 0.2) is 109 Å². The van der Waals surface area contributed by atoms with Gasteiger partial charge in [0.25, 0.3) is 0 Å². The second kappa shape index (κ2) is 13.9. The summed E-state index contributed by atoms with van der Waals surface area (Å²) in [7, 11) is 0. The summed E-state index contributed by atoms with van der Waals surface area (Å²) in [6.45, 7) is 0. The van der Waals surface area contributed by atoms with E-state index in [1.807, 2.05) is 0 Å². The Morgan fingerprint density at radius 3 is 1.00 bits per heavy atom. The summed E-state index contributed by atoms with van der Waals surface area (Å²) in [5.41, 5.74) is 7.65. The molecule has 2 nitrogen and oxygen atoms in total. The molecule has 0 heterocycles. The zero-order chi connectivity index (χ0) is 25.8. The first-order valence-electron chi connectivity index (χ1n) is 14.7. The van der Waals surface area contributed by atoms with Crippen molar-refractivity contribution >= 4 is 11.4 Å². The van der Waals surface area contributed by atoms with E-state index in [1.54, 1.807) is 0 Å². The molecule has 2 aliphatic rings. The zero-order valence-electron chi connectivity index (χ0n) is 22.6. The molecule has 2 fully saturated rings. The minimum Gasteiger partial charge on any atom is -0.382 e. The van der Waals surface area contributed by atoms with E-state index in [0.717, 1.165) is 0 Å². The monoisotopic (exact) mass is 502 g/mol. The van der Waals surface area contributed by atoms with Crippen LogP contribution in [-0.4, -0.2) is 12.1 Å². The highest BCUT2D eigenvalue weighted by atomic mass is 14.9. The highest BCUT2D eigenvalue weighted by molar-refractivity contribution is 5.67. The molecule has 0 unspecified atom stereocenters. The Morgan fingerprint density at radius 2 is 0.658 bits per heavy atom. The molecule has 0 aromatic heterocycles. The summed E-state index contributed by atoms with van der Waals surface area (Å²) >= 11 is 0. The molecule has 0 bridgehead atoms. The van der Waals surface area contributed by atoms with E-state index in [1.165, 1.54) is 97.8 Å². The molecule has 4 aromatic rings. The van der Waals surface area contributed by atoms with Gasteiger partial charge in [-0.1, -0.05) is 123 Å². The Bertz CT molecular complexity index is 1090. The maximum atomic E-state index is 3.66. The number of benzene rings is 4. The lowest BCUT2D eigenvalue weighted by Gasteiger charge is -2.23. The van der Waals surface area contributed by atoms with E-state index in [0.29, 0.717) is 12.1 Å². The van der Waals surface area contributed by atoms with Gasteiger partial charge in [-0.25, -0.2) is 0 Å². The predicted octanol–water partition coefficient (Wildman–Crippen LogP) is 10.2. The van der Waals surface area contributed by atoms with Gasteiger partial charge in [0, 0.05) is 23.5 Å². The third-order valence-corrected chi connectivity index (χ3v) is 7.94. The maximum absolute atomic E-state index is 3.66. The first kappa shape index (κ1) is 26.1. The average molecular weight is 503 g/mol. The lowest BCUT2D eigenvalue weighted by molar-refractivity contribution is 0.463. The van der Waals surface area contributed by atoms with Crippen LogP contribution in [0.2, 0.25) is 0 Å². The van der Waals surface area contributed by atoms with Crippen LogP contribution in [0.4, 0.5) is 11.4 Å². The summed E-state index contributed by atoms with van der Waals surface area (Å²) in [6, 6.07) is 40.1. The minimum absolute atomic E-state index is 0.677. The Hall–Kier alpha value is -3.52. The van der Waals surface area contributed by atoms with E-state index in [2.05, 4.69) is 120 Å². The van der Waals surface area contributed by atoms with Crippen molar-refractivity contribution in [2.75, 3.05) is 10.6 Å². The van der Waals surface area contributed by atoms with Crippen LogP contribution in [0, 0.1) is 0 Å². The lowest BCUT2D eigenvalue weighted by atomic mass is 9.95. The van der Waals surface area contributed by atoms with Crippen LogP contribution in [-0.2, 0) is 0 Å². The topological polar surface area (TPSA) is 24.1 Å². The summed E-state index contributed by atoms with van der Waals surface area (Å²) in [5.74, 6) is 0. The molecule has 6 rings (SSSR count). The second-order valence-corrected chi connectivity index (χ2v) is 10.8. The van der Waals surface area contributed by atoms with Crippen LogP contribution in [0.1, 0.15) is 64.2 Å². The Morgan fingerprint density at radius 1 is 0.342 bits per heavy atom. The van der Waals surface area contributed by atoms with Crippen LogP contribution in [0.3, 0.4) is 0 Å². The highest BCUT2D eigenvalue weighted by Crippen LogP contribution is 2.26. The molecule has 0 spiro atoms. The molecule has 196 valence electrons. The minimum atomic E-state index is 0.677. The first-order valence-corrected chi connectivity index (χ1v) is 14.7. The smallest absolute Gasteiger partial charge is 0.0342 e. The number of rotatable bonds is 6. The second-order valence-electron chi connectivity index (χ2n) is 10.8. The standard InChI is InChI=1S/2C18H21N/c2*1-3-7-15(8-4-1)16-11-13-18(14-12-16)19-17-9-5-2-6-10-17/h2*1,3-4,7-8,11-14,17,19H,2,5-6,9-10H2. The molecule has 2 heteroatoms. The fourth-order valence-corrected chi connectivity index (χ4v) is 5.74. The van der Waals surface area contributed by atoms with Gasteiger partial charge in [0.05, 0.1) is 0 Å². The van der Waals surface area contributed by atoms with Crippen molar-refractivity contribution in [3.05, 3.63) is 109 Å². The third-order valence-electron chi connectivity index (χ3n) is 7.94. The van der Waals surface area contributed by atoms with Gasteiger partial charge in [-0.3, -0.25) is 0 Å². The fraction of sp³-hybridized carbons (Fsp3) is 0.333. The van der Waals surface area contributed by atoms with Crippen LogP contribution < -0.4 is 10.6 Å². The van der Waals surface area contributed by atoms with E-state index >= 15 is 0 Å². The van der Waals surface area contributed by atoms with Crippen molar-refractivity contribution in [1.29, 1.82) is 0 Å². The van der Waals surface area contributed by atoms with E-state index in [-0.39, 0.29) is 0 Å². The van der Waals surface area contributed by atoms with Crippen molar-refractivity contribution in [3.63, 3.8) is 0 Å². The molecule has 0 saturated heterocycles. The van der Waals surface area contributed by atoms with Gasteiger partial charge in [0.1, 0.15) is 0 Å². The Balaban J connectivity index is 0.000000155. The molecule has 2 N–H and O–H groups in total. The number of hydrogen-bond acceptors (Lipinski definition) is 2. The molecular weight excluding hydrogens is 460 g/mol. The highest BCUT2D eigenvalue weighted by Gasteiger charge is 2.13. The molecule has 0 radical (unpaired) electrons. The van der Waals surface area contributed by atoms with Crippen molar-refractivity contribution in [3.8, 4) is 22.3 Å². The number of anilines is 2. The van der Waals surface area contributed by atoms with Crippen molar-refractivity contribution in [1.82, 2.24) is 0 Å². The summed E-state index contributed by atoms with van der Waals surface area (Å²) in [4.78, 5) is 0. The third kappa shape index (κ3) is 7.74. The van der Waals surface area contributed by atoms with Gasteiger partial charge in [-0.15, -0.1) is 0 Å². The van der Waals surface area contributed by atoms with Gasteiger partial charge >= 0.3 is 0 Å². The zero-order valence-corrected chi connectivity index (χ0v) is 22.6. The molecule has 4 aromatic carbocycles. The summed E-state index contributed by atoms with van der Waals surface area (Å²) in [5, 5.41) is 7.32. The number of hydrogen-bond donors (Lipinski definition) is 2. The molecule has 38 heavy (non-hydrogen) atoms. The largest absolute Gasteiger partial charge is 0.382 e. The predicted molar refractivity (Wildman–Crippen MR) is 165 cm³/mol. The van der Waals surface area contributed by atoms with Gasteiger partial charge in [0.15, 0.2) is 0 Å². The van der Waals surface area contributed by atoms with Crippen LogP contribution in [0.5, 0.6) is 0 Å². The molecule has 0 aliphatic heterocycles. The van der Waals surface area contributed by atoms with Gasteiger partial charge in [-0.05, 0) is 72.2 Å². The van der Waals surface area contributed by atoms with E-state index < -0.39 is 0 Å². The maximum Gasteiger partial charge on any atom is 0.0342 e. The van der Waals surface area contributed by atoms with E-state index in [9.17, 15) is 0 Å². The van der Waals surface area contributed by atoms with Crippen LogP contribution in [0.25, 0.3) is 22.3 Å². The van der Waals surface area contributed by atoms with Gasteiger partial charge < -0.3 is 10.6 Å². The Kier molecular flexibility index (Phi) is 9.52. The Labute approximate surface area is 229 Å². The molecule has 2 aliphatic carbocycles. The van der Waals surface area contributed by atoms with Crippen molar-refractivity contribution < 1.29 is 0 Å². The summed E-state index contributed by atoms with van der Waals surface area (Å²) < 4.78 is 0. The quantitative estimate of drug-likeness (QED) is 0.274. The average Bonchev–Trinajstić information content (AvgIpc) is 3.00. The van der Waals surface area contributed by atoms with E-state index in [4.69, 9.17) is 0 Å². The summed E-state index contributed by atoms with van der Waals surface area (Å²) in [6.07, 6.45) is 13.6. The number of nitrogens with one attached hydrogen (secondary N) is 2. The first-order chi connectivity index (χ1) is 18.8. The molecule has 2 saturated carbocycles. The lowest BCUT2D eigenvalue weighted by Crippen LogP contribution is -2.22.